The van der Waals surface area contributed by atoms with Gasteiger partial charge in [0.2, 0.25) is 0 Å². The number of carbonyl (C=O) groups is 1. The SMILES string of the molecule is Cc1c([C@@H](C)NC(=O)c2cnn(Cc3ccccc3)c2)cnn1-c1ccccn1. The Balaban J connectivity index is 1.45. The fourth-order valence-electron chi connectivity index (χ4n) is 3.25. The van der Waals surface area contributed by atoms with E-state index in [0.717, 1.165) is 22.6 Å². The fourth-order valence-corrected chi connectivity index (χ4v) is 3.25. The summed E-state index contributed by atoms with van der Waals surface area (Å²) in [6.07, 6.45) is 6.86. The summed E-state index contributed by atoms with van der Waals surface area (Å²) in [6.45, 7) is 4.54. The Labute approximate surface area is 169 Å². The van der Waals surface area contributed by atoms with Crippen molar-refractivity contribution in [2.45, 2.75) is 26.4 Å². The Morgan fingerprint density at radius 1 is 1.07 bits per heavy atom. The van der Waals surface area contributed by atoms with E-state index >= 15 is 0 Å². The molecule has 1 amide bonds. The molecule has 0 saturated carbocycles. The van der Waals surface area contributed by atoms with Gasteiger partial charge in [0.25, 0.3) is 5.91 Å². The third-order valence-electron chi connectivity index (χ3n) is 4.81. The maximum Gasteiger partial charge on any atom is 0.254 e. The maximum atomic E-state index is 12.7. The van der Waals surface area contributed by atoms with Gasteiger partial charge in [0.05, 0.1) is 30.5 Å². The van der Waals surface area contributed by atoms with Crippen molar-refractivity contribution in [2.24, 2.45) is 0 Å². The first-order valence-corrected chi connectivity index (χ1v) is 9.45. The standard InChI is InChI=1S/C22H22N6O/c1-16(20-13-25-28(17(20)2)21-10-6-7-11-23-21)26-22(29)19-12-24-27(15-19)14-18-8-4-3-5-9-18/h3-13,15-16H,14H2,1-2H3,(H,26,29)/t16-/m1/s1. The van der Waals surface area contributed by atoms with Crippen LogP contribution in [0.3, 0.4) is 0 Å². The van der Waals surface area contributed by atoms with E-state index in [-0.39, 0.29) is 11.9 Å². The summed E-state index contributed by atoms with van der Waals surface area (Å²) in [4.78, 5) is 17.0. The third kappa shape index (κ3) is 4.08. The summed E-state index contributed by atoms with van der Waals surface area (Å²) in [7, 11) is 0. The number of hydrogen-bond donors (Lipinski definition) is 1. The van der Waals surface area contributed by atoms with Crippen molar-refractivity contribution in [1.82, 2.24) is 29.9 Å². The minimum absolute atomic E-state index is 0.165. The maximum absolute atomic E-state index is 12.7. The van der Waals surface area contributed by atoms with Gasteiger partial charge in [-0.25, -0.2) is 9.67 Å². The molecule has 0 fully saturated rings. The fraction of sp³-hybridized carbons (Fsp3) is 0.182. The molecule has 1 N–H and O–H groups in total. The van der Waals surface area contributed by atoms with Crippen LogP contribution in [0.1, 0.15) is 40.1 Å². The van der Waals surface area contributed by atoms with Gasteiger partial charge in [0, 0.05) is 23.7 Å². The zero-order valence-electron chi connectivity index (χ0n) is 16.4. The second kappa shape index (κ2) is 8.10. The molecule has 0 aliphatic carbocycles. The first kappa shape index (κ1) is 18.6. The van der Waals surface area contributed by atoms with E-state index < -0.39 is 0 Å². The first-order valence-electron chi connectivity index (χ1n) is 9.45. The number of pyridine rings is 1. The van der Waals surface area contributed by atoms with Gasteiger partial charge in [-0.2, -0.15) is 10.2 Å². The Morgan fingerprint density at radius 3 is 2.62 bits per heavy atom. The number of amides is 1. The molecule has 29 heavy (non-hydrogen) atoms. The quantitative estimate of drug-likeness (QED) is 0.551. The number of hydrogen-bond acceptors (Lipinski definition) is 4. The molecule has 0 bridgehead atoms. The largest absolute Gasteiger partial charge is 0.345 e. The van der Waals surface area contributed by atoms with Gasteiger partial charge in [-0.05, 0) is 31.5 Å². The van der Waals surface area contributed by atoms with Crippen molar-refractivity contribution in [1.29, 1.82) is 0 Å². The van der Waals surface area contributed by atoms with Crippen molar-refractivity contribution in [3.63, 3.8) is 0 Å². The molecule has 0 aliphatic heterocycles. The predicted octanol–water partition coefficient (Wildman–Crippen LogP) is 3.31. The van der Waals surface area contributed by atoms with E-state index in [0.29, 0.717) is 12.1 Å². The van der Waals surface area contributed by atoms with Crippen molar-refractivity contribution in [3.8, 4) is 5.82 Å². The summed E-state index contributed by atoms with van der Waals surface area (Å²) < 4.78 is 3.54. The summed E-state index contributed by atoms with van der Waals surface area (Å²) in [6, 6.07) is 15.5. The number of benzene rings is 1. The van der Waals surface area contributed by atoms with Crippen molar-refractivity contribution in [2.75, 3.05) is 0 Å². The van der Waals surface area contributed by atoms with Crippen LogP contribution < -0.4 is 5.32 Å². The molecular formula is C22H22N6O. The number of aromatic nitrogens is 5. The van der Waals surface area contributed by atoms with Gasteiger partial charge >= 0.3 is 0 Å². The molecule has 0 spiro atoms. The Bertz CT molecular complexity index is 1100. The van der Waals surface area contributed by atoms with Crippen LogP contribution in [0.5, 0.6) is 0 Å². The average Bonchev–Trinajstić information content (AvgIpc) is 3.36. The smallest absolute Gasteiger partial charge is 0.254 e. The Morgan fingerprint density at radius 2 is 1.86 bits per heavy atom. The molecule has 7 heteroatoms. The van der Waals surface area contributed by atoms with Crippen LogP contribution in [-0.4, -0.2) is 30.5 Å². The highest BCUT2D eigenvalue weighted by Crippen LogP contribution is 2.19. The van der Waals surface area contributed by atoms with Crippen LogP contribution in [0.25, 0.3) is 5.82 Å². The average molecular weight is 386 g/mol. The lowest BCUT2D eigenvalue weighted by Gasteiger charge is -2.13. The molecule has 0 saturated heterocycles. The summed E-state index contributed by atoms with van der Waals surface area (Å²) in [5, 5.41) is 11.8. The van der Waals surface area contributed by atoms with Crippen LogP contribution in [0.15, 0.2) is 73.3 Å². The van der Waals surface area contributed by atoms with E-state index in [4.69, 9.17) is 0 Å². The monoisotopic (exact) mass is 386 g/mol. The van der Waals surface area contributed by atoms with Crippen molar-refractivity contribution >= 4 is 5.91 Å². The van der Waals surface area contributed by atoms with Crippen LogP contribution in [0.2, 0.25) is 0 Å². The molecule has 4 rings (SSSR count). The summed E-state index contributed by atoms with van der Waals surface area (Å²) >= 11 is 0. The number of nitrogens with one attached hydrogen (secondary N) is 1. The minimum atomic E-state index is -0.197. The molecule has 0 unspecified atom stereocenters. The lowest BCUT2D eigenvalue weighted by molar-refractivity contribution is 0.0939. The summed E-state index contributed by atoms with van der Waals surface area (Å²) in [5.74, 6) is 0.582. The molecule has 4 aromatic rings. The second-order valence-electron chi connectivity index (χ2n) is 6.89. The molecular weight excluding hydrogens is 364 g/mol. The van der Waals surface area contributed by atoms with Crippen LogP contribution in [0, 0.1) is 6.92 Å². The molecule has 7 nitrogen and oxygen atoms in total. The topological polar surface area (TPSA) is 77.6 Å². The normalized spacial score (nSPS) is 11.9. The van der Waals surface area contributed by atoms with Crippen molar-refractivity contribution in [3.05, 3.63) is 95.7 Å². The highest BCUT2D eigenvalue weighted by molar-refractivity contribution is 5.93. The van der Waals surface area contributed by atoms with Gasteiger partial charge in [0.15, 0.2) is 5.82 Å². The van der Waals surface area contributed by atoms with Crippen LogP contribution in [-0.2, 0) is 6.54 Å². The first-order chi connectivity index (χ1) is 14.1. The molecule has 0 radical (unpaired) electrons. The highest BCUT2D eigenvalue weighted by Gasteiger charge is 2.18. The molecule has 1 aromatic carbocycles. The van der Waals surface area contributed by atoms with Crippen LogP contribution >= 0.6 is 0 Å². The molecule has 3 heterocycles. The zero-order chi connectivity index (χ0) is 20.2. The molecule has 0 aliphatic rings. The zero-order valence-corrected chi connectivity index (χ0v) is 16.4. The van der Waals surface area contributed by atoms with Gasteiger partial charge in [-0.15, -0.1) is 0 Å². The van der Waals surface area contributed by atoms with E-state index in [9.17, 15) is 4.79 Å². The molecule has 1 atom stereocenters. The van der Waals surface area contributed by atoms with Crippen LogP contribution in [0.4, 0.5) is 0 Å². The lowest BCUT2D eigenvalue weighted by Crippen LogP contribution is -2.26. The predicted molar refractivity (Wildman–Crippen MR) is 110 cm³/mol. The van der Waals surface area contributed by atoms with Gasteiger partial charge in [-0.3, -0.25) is 9.48 Å². The Hall–Kier alpha value is -3.74. The number of carbonyl (C=O) groups excluding carboxylic acids is 1. The highest BCUT2D eigenvalue weighted by atomic mass is 16.1. The number of rotatable bonds is 6. The number of nitrogens with zero attached hydrogens (tertiary/aromatic N) is 5. The van der Waals surface area contributed by atoms with Gasteiger partial charge in [-0.1, -0.05) is 36.4 Å². The minimum Gasteiger partial charge on any atom is -0.345 e. The van der Waals surface area contributed by atoms with E-state index in [1.54, 1.807) is 34.2 Å². The van der Waals surface area contributed by atoms with E-state index in [2.05, 4.69) is 20.5 Å². The molecule has 146 valence electrons. The van der Waals surface area contributed by atoms with Gasteiger partial charge in [0.1, 0.15) is 0 Å². The molecule has 3 aromatic heterocycles. The van der Waals surface area contributed by atoms with E-state index in [1.807, 2.05) is 62.4 Å². The lowest BCUT2D eigenvalue weighted by atomic mass is 10.1. The summed E-state index contributed by atoms with van der Waals surface area (Å²) in [5.41, 5.74) is 3.55. The van der Waals surface area contributed by atoms with E-state index in [1.165, 1.54) is 0 Å². The van der Waals surface area contributed by atoms with Crippen molar-refractivity contribution < 1.29 is 4.79 Å². The van der Waals surface area contributed by atoms with Gasteiger partial charge < -0.3 is 5.32 Å². The second-order valence-corrected chi connectivity index (χ2v) is 6.89. The third-order valence-corrected chi connectivity index (χ3v) is 4.81. The Kier molecular flexibility index (Phi) is 5.20.